The molecule has 0 aliphatic heterocycles. The van der Waals surface area contributed by atoms with Crippen LogP contribution in [0.1, 0.15) is 30.9 Å². The van der Waals surface area contributed by atoms with E-state index in [0.717, 1.165) is 22.3 Å². The van der Waals surface area contributed by atoms with E-state index in [1.54, 1.807) is 0 Å². The summed E-state index contributed by atoms with van der Waals surface area (Å²) in [6.45, 7) is 2.26. The Labute approximate surface area is 181 Å². The Morgan fingerprint density at radius 3 is 1.90 bits per heavy atom. The Morgan fingerprint density at radius 1 is 0.710 bits per heavy atom. The molecule has 0 saturated heterocycles. The molecule has 156 valence electrons. The molecule has 0 heterocycles. The molecule has 1 aliphatic carbocycles. The largest absolute Gasteiger partial charge is 0.394 e. The highest BCUT2D eigenvalue weighted by Crippen LogP contribution is 2.35. The Balaban J connectivity index is 1.47. The van der Waals surface area contributed by atoms with Crippen LogP contribution in [0, 0.1) is 17.6 Å². The molecule has 31 heavy (non-hydrogen) atoms. The number of nitrogen functional groups attached to an aromatic ring is 1. The van der Waals surface area contributed by atoms with Crippen molar-refractivity contribution in [2.45, 2.75) is 32.6 Å². The van der Waals surface area contributed by atoms with Crippen LogP contribution in [0.15, 0.2) is 66.7 Å². The predicted octanol–water partition coefficient (Wildman–Crippen LogP) is 7.55. The minimum Gasteiger partial charge on any atom is -0.394 e. The summed E-state index contributed by atoms with van der Waals surface area (Å²) in [4.78, 5) is 0. The quantitative estimate of drug-likeness (QED) is 0.343. The van der Waals surface area contributed by atoms with E-state index in [4.69, 9.17) is 5.73 Å². The molecule has 4 aromatic carbocycles. The van der Waals surface area contributed by atoms with Gasteiger partial charge in [0, 0.05) is 0 Å². The van der Waals surface area contributed by atoms with Gasteiger partial charge in [0.2, 0.25) is 0 Å². The van der Waals surface area contributed by atoms with Gasteiger partial charge in [0.1, 0.15) is 17.3 Å². The zero-order chi connectivity index (χ0) is 21.5. The molecule has 4 aromatic rings. The van der Waals surface area contributed by atoms with Crippen LogP contribution in [0.3, 0.4) is 0 Å². The monoisotopic (exact) mass is 413 g/mol. The van der Waals surface area contributed by atoms with Gasteiger partial charge in [0.15, 0.2) is 0 Å². The first-order valence-corrected chi connectivity index (χ1v) is 10.9. The maximum Gasteiger partial charge on any atom is 0.149 e. The van der Waals surface area contributed by atoms with Crippen LogP contribution >= 0.6 is 0 Å². The minimum absolute atomic E-state index is 0.440. The number of anilines is 1. The summed E-state index contributed by atoms with van der Waals surface area (Å²) in [6, 6.07) is 21.7. The van der Waals surface area contributed by atoms with Crippen LogP contribution in [-0.4, -0.2) is 0 Å². The summed E-state index contributed by atoms with van der Waals surface area (Å²) in [5.74, 6) is -0.681. The molecule has 0 amide bonds. The van der Waals surface area contributed by atoms with Gasteiger partial charge in [-0.25, -0.2) is 8.78 Å². The van der Waals surface area contributed by atoms with Gasteiger partial charge in [-0.1, -0.05) is 62.2 Å². The summed E-state index contributed by atoms with van der Waals surface area (Å²) < 4.78 is 27.8. The molecule has 2 N–H and O–H groups in total. The smallest absolute Gasteiger partial charge is 0.149 e. The first-order chi connectivity index (χ1) is 15.0. The standard InChI is InChI=1S/C28H25F2N/c1-2-3-17-10-18-4-5-22(14-24(18)11-17)20-6-7-21-13-23(9-8-19(21)12-20)25-15-26(29)28(31)27(30)16-25/h4-9,12-17H,2-3,10-11,31H2,1H3. The van der Waals surface area contributed by atoms with Crippen molar-refractivity contribution in [1.29, 1.82) is 0 Å². The van der Waals surface area contributed by atoms with Crippen molar-refractivity contribution in [3.63, 3.8) is 0 Å². The minimum atomic E-state index is -0.733. The van der Waals surface area contributed by atoms with Gasteiger partial charge in [0.25, 0.3) is 0 Å². The SMILES string of the molecule is CCCC1Cc2ccc(-c3ccc4cc(-c5cc(F)c(N)c(F)c5)ccc4c3)cc2C1. The van der Waals surface area contributed by atoms with Crippen molar-refractivity contribution in [1.82, 2.24) is 0 Å². The lowest BCUT2D eigenvalue weighted by Gasteiger charge is -2.09. The van der Waals surface area contributed by atoms with E-state index in [0.29, 0.717) is 5.56 Å². The number of nitrogens with two attached hydrogens (primary N) is 1. The summed E-state index contributed by atoms with van der Waals surface area (Å²) in [7, 11) is 0. The summed E-state index contributed by atoms with van der Waals surface area (Å²) in [5.41, 5.74) is 11.6. The third-order valence-electron chi connectivity index (χ3n) is 6.51. The highest BCUT2D eigenvalue weighted by atomic mass is 19.1. The van der Waals surface area contributed by atoms with Crippen molar-refractivity contribution in [2.75, 3.05) is 5.73 Å². The summed E-state index contributed by atoms with van der Waals surface area (Å²) in [6.07, 6.45) is 4.93. The van der Waals surface area contributed by atoms with Gasteiger partial charge in [-0.05, 0) is 87.2 Å². The van der Waals surface area contributed by atoms with E-state index < -0.39 is 17.3 Å². The second-order valence-corrected chi connectivity index (χ2v) is 8.68. The third-order valence-corrected chi connectivity index (χ3v) is 6.51. The lowest BCUT2D eigenvalue weighted by Crippen LogP contribution is -1.97. The van der Waals surface area contributed by atoms with Crippen LogP contribution in [0.2, 0.25) is 0 Å². The molecule has 0 radical (unpaired) electrons. The molecule has 1 atom stereocenters. The molecule has 0 spiro atoms. The Kier molecular flexibility index (Phi) is 4.97. The van der Waals surface area contributed by atoms with E-state index in [-0.39, 0.29) is 0 Å². The summed E-state index contributed by atoms with van der Waals surface area (Å²) in [5, 5.41) is 2.13. The average molecular weight is 414 g/mol. The maximum atomic E-state index is 13.9. The fourth-order valence-corrected chi connectivity index (χ4v) is 4.86. The third kappa shape index (κ3) is 3.69. The molecule has 1 unspecified atom stereocenters. The zero-order valence-electron chi connectivity index (χ0n) is 17.6. The fraction of sp³-hybridized carbons (Fsp3) is 0.214. The molecule has 5 rings (SSSR count). The second kappa shape index (κ2) is 7.81. The number of hydrogen-bond donors (Lipinski definition) is 1. The average Bonchev–Trinajstić information content (AvgIpc) is 3.18. The molecule has 3 heteroatoms. The van der Waals surface area contributed by atoms with Crippen molar-refractivity contribution in [3.8, 4) is 22.3 Å². The Morgan fingerprint density at radius 2 is 1.26 bits per heavy atom. The van der Waals surface area contributed by atoms with Gasteiger partial charge in [0.05, 0.1) is 0 Å². The molecule has 0 bridgehead atoms. The number of halogens is 2. The van der Waals surface area contributed by atoms with Gasteiger partial charge >= 0.3 is 0 Å². The number of benzene rings is 4. The predicted molar refractivity (Wildman–Crippen MR) is 125 cm³/mol. The number of rotatable bonds is 4. The molecule has 1 aliphatic rings. The molecule has 0 aromatic heterocycles. The lowest BCUT2D eigenvalue weighted by atomic mass is 9.96. The molecular formula is C28H25F2N. The van der Waals surface area contributed by atoms with Crippen LogP contribution in [0.5, 0.6) is 0 Å². The van der Waals surface area contributed by atoms with Gasteiger partial charge < -0.3 is 5.73 Å². The van der Waals surface area contributed by atoms with E-state index in [1.165, 1.54) is 60.1 Å². The van der Waals surface area contributed by atoms with Crippen molar-refractivity contribution >= 4 is 16.5 Å². The molecule has 1 nitrogen and oxygen atoms in total. The van der Waals surface area contributed by atoms with Gasteiger partial charge in [-0.3, -0.25) is 0 Å². The zero-order valence-corrected chi connectivity index (χ0v) is 17.6. The van der Waals surface area contributed by atoms with Crippen LogP contribution < -0.4 is 5.73 Å². The first kappa shape index (κ1) is 19.7. The van der Waals surface area contributed by atoms with E-state index in [2.05, 4.69) is 43.3 Å². The van der Waals surface area contributed by atoms with Gasteiger partial charge in [-0.15, -0.1) is 0 Å². The van der Waals surface area contributed by atoms with Gasteiger partial charge in [-0.2, -0.15) is 0 Å². The lowest BCUT2D eigenvalue weighted by molar-refractivity contribution is 0.507. The van der Waals surface area contributed by atoms with Crippen LogP contribution in [0.4, 0.5) is 14.5 Å². The molecular weight excluding hydrogens is 388 g/mol. The molecule has 0 fully saturated rings. The van der Waals surface area contributed by atoms with E-state index >= 15 is 0 Å². The highest BCUT2D eigenvalue weighted by molar-refractivity contribution is 5.91. The van der Waals surface area contributed by atoms with Crippen molar-refractivity contribution in [2.24, 2.45) is 5.92 Å². The van der Waals surface area contributed by atoms with Crippen LogP contribution in [-0.2, 0) is 12.8 Å². The summed E-state index contributed by atoms with van der Waals surface area (Å²) >= 11 is 0. The topological polar surface area (TPSA) is 26.0 Å². The number of fused-ring (bicyclic) bond motifs is 2. The molecule has 0 saturated carbocycles. The number of hydrogen-bond acceptors (Lipinski definition) is 1. The van der Waals surface area contributed by atoms with Crippen molar-refractivity contribution < 1.29 is 8.78 Å². The first-order valence-electron chi connectivity index (χ1n) is 10.9. The Bertz CT molecular complexity index is 1270. The highest BCUT2D eigenvalue weighted by Gasteiger charge is 2.21. The van der Waals surface area contributed by atoms with Crippen molar-refractivity contribution in [3.05, 3.63) is 89.5 Å². The Hall–Kier alpha value is -3.20. The maximum absolute atomic E-state index is 13.9. The normalized spacial score (nSPS) is 15.4. The second-order valence-electron chi connectivity index (χ2n) is 8.68. The van der Waals surface area contributed by atoms with E-state index in [1.807, 2.05) is 18.2 Å². The fourth-order valence-electron chi connectivity index (χ4n) is 4.86. The van der Waals surface area contributed by atoms with E-state index in [9.17, 15) is 8.78 Å². The van der Waals surface area contributed by atoms with Crippen LogP contribution in [0.25, 0.3) is 33.0 Å².